The molecule has 0 unspecified atom stereocenters. The fourth-order valence-corrected chi connectivity index (χ4v) is 2.79. The first kappa shape index (κ1) is 18.9. The third kappa shape index (κ3) is 3.62. The molecule has 1 heterocycles. The summed E-state index contributed by atoms with van der Waals surface area (Å²) in [7, 11) is 1.51. The lowest BCUT2D eigenvalue weighted by Crippen LogP contribution is -2.22. The molecule has 28 heavy (non-hydrogen) atoms. The van der Waals surface area contributed by atoms with Gasteiger partial charge in [-0.15, -0.1) is 10.2 Å². The van der Waals surface area contributed by atoms with E-state index in [9.17, 15) is 15.2 Å². The number of rotatable bonds is 5. The number of ether oxygens (including phenoxy) is 1. The number of para-hydroxylation sites is 1. The molecule has 0 spiro atoms. The number of hydrogen-bond donors (Lipinski definition) is 1. The fourth-order valence-electron chi connectivity index (χ4n) is 2.79. The number of hydrogen-bond acceptors (Lipinski definition) is 6. The summed E-state index contributed by atoms with van der Waals surface area (Å²) in [4.78, 5) is 13.0. The predicted octanol–water partition coefficient (Wildman–Crippen LogP) is 4.21. The van der Waals surface area contributed by atoms with Gasteiger partial charge in [0.15, 0.2) is 5.69 Å². The second kappa shape index (κ2) is 8.18. The molecule has 7 nitrogen and oxygen atoms in total. The Morgan fingerprint density at radius 2 is 1.79 bits per heavy atom. The topological polar surface area (TPSA) is 100.0 Å². The minimum atomic E-state index is -0.531. The van der Waals surface area contributed by atoms with Crippen LogP contribution in [0.3, 0.4) is 0 Å². The molecule has 0 atom stereocenters. The maximum absolute atomic E-state index is 13.0. The summed E-state index contributed by atoms with van der Waals surface area (Å²) in [5.41, 5.74) is 0.982. The molecule has 0 amide bonds. The van der Waals surface area contributed by atoms with Crippen LogP contribution in [-0.4, -0.2) is 16.8 Å². The standard InChI is InChI=1S/C21H18N4O3/c1-14-16(12-22)20(26)25(13-15-8-4-3-5-9-15)21(27)19(14)24-23-17-10-6-7-11-18(17)28-2/h3-11,26H,13H2,1-2H3. The van der Waals surface area contributed by atoms with Gasteiger partial charge in [-0.2, -0.15) is 5.26 Å². The lowest BCUT2D eigenvalue weighted by Gasteiger charge is -2.13. The van der Waals surface area contributed by atoms with E-state index in [1.165, 1.54) is 7.11 Å². The Morgan fingerprint density at radius 3 is 2.46 bits per heavy atom. The Bertz CT molecular complexity index is 1130. The molecule has 3 rings (SSSR count). The first-order chi connectivity index (χ1) is 13.6. The number of aromatic nitrogens is 1. The van der Waals surface area contributed by atoms with E-state index in [0.717, 1.165) is 10.1 Å². The van der Waals surface area contributed by atoms with Gasteiger partial charge in [-0.05, 0) is 24.6 Å². The molecule has 2 aromatic carbocycles. The van der Waals surface area contributed by atoms with Crippen LogP contribution in [0.1, 0.15) is 16.7 Å². The molecule has 0 radical (unpaired) electrons. The van der Waals surface area contributed by atoms with Gasteiger partial charge in [0.25, 0.3) is 5.56 Å². The van der Waals surface area contributed by atoms with Crippen molar-refractivity contribution in [2.75, 3.05) is 7.11 Å². The van der Waals surface area contributed by atoms with Crippen molar-refractivity contribution in [3.05, 3.63) is 81.6 Å². The van der Waals surface area contributed by atoms with Gasteiger partial charge < -0.3 is 9.84 Å². The maximum Gasteiger partial charge on any atom is 0.281 e. The average molecular weight is 374 g/mol. The van der Waals surface area contributed by atoms with E-state index >= 15 is 0 Å². The minimum Gasteiger partial charge on any atom is -0.494 e. The largest absolute Gasteiger partial charge is 0.494 e. The van der Waals surface area contributed by atoms with Crippen molar-refractivity contribution in [2.45, 2.75) is 13.5 Å². The van der Waals surface area contributed by atoms with E-state index in [4.69, 9.17) is 4.74 Å². The molecule has 0 aliphatic rings. The zero-order valence-corrected chi connectivity index (χ0v) is 15.5. The average Bonchev–Trinajstić information content (AvgIpc) is 2.72. The van der Waals surface area contributed by atoms with Gasteiger partial charge in [0.2, 0.25) is 5.88 Å². The highest BCUT2D eigenvalue weighted by molar-refractivity contribution is 5.57. The molecule has 0 aliphatic heterocycles. The predicted molar refractivity (Wildman–Crippen MR) is 105 cm³/mol. The van der Waals surface area contributed by atoms with Crippen LogP contribution in [0.15, 0.2) is 69.6 Å². The zero-order chi connectivity index (χ0) is 20.1. The van der Waals surface area contributed by atoms with E-state index < -0.39 is 5.56 Å². The molecule has 0 saturated carbocycles. The zero-order valence-electron chi connectivity index (χ0n) is 15.5. The van der Waals surface area contributed by atoms with Gasteiger partial charge in [0, 0.05) is 5.56 Å². The number of aromatic hydroxyl groups is 1. The van der Waals surface area contributed by atoms with Crippen LogP contribution in [0.2, 0.25) is 0 Å². The Kier molecular flexibility index (Phi) is 5.51. The van der Waals surface area contributed by atoms with Crippen LogP contribution in [0.4, 0.5) is 11.4 Å². The number of pyridine rings is 1. The number of methoxy groups -OCH3 is 1. The molecule has 140 valence electrons. The molecule has 0 fully saturated rings. The van der Waals surface area contributed by atoms with Crippen molar-refractivity contribution in [1.82, 2.24) is 4.57 Å². The Hall–Kier alpha value is -3.92. The number of nitriles is 1. The fraction of sp³-hybridized carbons (Fsp3) is 0.143. The third-order valence-electron chi connectivity index (χ3n) is 4.30. The quantitative estimate of drug-likeness (QED) is 0.676. The molecule has 1 N–H and O–H groups in total. The van der Waals surface area contributed by atoms with Gasteiger partial charge in [-0.3, -0.25) is 9.36 Å². The van der Waals surface area contributed by atoms with Crippen molar-refractivity contribution in [3.8, 4) is 17.7 Å². The van der Waals surface area contributed by atoms with Crippen LogP contribution in [-0.2, 0) is 6.54 Å². The number of azo groups is 1. The second-order valence-electron chi connectivity index (χ2n) is 6.03. The van der Waals surface area contributed by atoms with Gasteiger partial charge in [-0.25, -0.2) is 0 Å². The van der Waals surface area contributed by atoms with E-state index in [1.54, 1.807) is 31.2 Å². The van der Waals surface area contributed by atoms with E-state index in [2.05, 4.69) is 10.2 Å². The Morgan fingerprint density at radius 1 is 1.11 bits per heavy atom. The summed E-state index contributed by atoms with van der Waals surface area (Å²) in [6.07, 6.45) is 0. The summed E-state index contributed by atoms with van der Waals surface area (Å²) in [5.74, 6) is 0.123. The van der Waals surface area contributed by atoms with Crippen molar-refractivity contribution >= 4 is 11.4 Å². The Balaban J connectivity index is 2.13. The van der Waals surface area contributed by atoms with Gasteiger partial charge >= 0.3 is 0 Å². The van der Waals surface area contributed by atoms with Gasteiger partial charge in [-0.1, -0.05) is 42.5 Å². The highest BCUT2D eigenvalue weighted by Gasteiger charge is 2.19. The summed E-state index contributed by atoms with van der Waals surface area (Å²) < 4.78 is 6.35. The van der Waals surface area contributed by atoms with Gasteiger partial charge in [0.1, 0.15) is 23.1 Å². The smallest absolute Gasteiger partial charge is 0.281 e. The lowest BCUT2D eigenvalue weighted by atomic mass is 10.1. The molecule has 0 saturated heterocycles. The molecule has 0 bridgehead atoms. The summed E-state index contributed by atoms with van der Waals surface area (Å²) in [6.45, 7) is 1.67. The molecular formula is C21H18N4O3. The first-order valence-corrected chi connectivity index (χ1v) is 8.52. The van der Waals surface area contributed by atoms with Crippen molar-refractivity contribution in [3.63, 3.8) is 0 Å². The third-order valence-corrected chi connectivity index (χ3v) is 4.30. The number of nitrogens with zero attached hydrogens (tertiary/aromatic N) is 4. The molecular weight excluding hydrogens is 356 g/mol. The second-order valence-corrected chi connectivity index (χ2v) is 6.03. The van der Waals surface area contributed by atoms with E-state index in [0.29, 0.717) is 11.4 Å². The molecule has 1 aromatic heterocycles. The monoisotopic (exact) mass is 374 g/mol. The van der Waals surface area contributed by atoms with Crippen LogP contribution in [0.5, 0.6) is 11.6 Å². The lowest BCUT2D eigenvalue weighted by molar-refractivity contribution is 0.412. The van der Waals surface area contributed by atoms with Gasteiger partial charge in [0.05, 0.1) is 13.7 Å². The minimum absolute atomic E-state index is 0.00353. The summed E-state index contributed by atoms with van der Waals surface area (Å²) >= 11 is 0. The number of benzene rings is 2. The normalized spacial score (nSPS) is 10.8. The molecule has 3 aromatic rings. The van der Waals surface area contributed by atoms with Crippen LogP contribution in [0, 0.1) is 18.3 Å². The Labute approximate surface area is 161 Å². The van der Waals surface area contributed by atoms with Crippen molar-refractivity contribution in [2.24, 2.45) is 10.2 Å². The van der Waals surface area contributed by atoms with Crippen LogP contribution < -0.4 is 10.3 Å². The summed E-state index contributed by atoms with van der Waals surface area (Å²) in [6, 6.07) is 18.1. The molecule has 0 aliphatic carbocycles. The van der Waals surface area contributed by atoms with Crippen LogP contribution in [0.25, 0.3) is 0 Å². The highest BCUT2D eigenvalue weighted by Crippen LogP contribution is 2.30. The maximum atomic E-state index is 13.0. The first-order valence-electron chi connectivity index (χ1n) is 8.52. The summed E-state index contributed by atoms with van der Waals surface area (Å²) in [5, 5.41) is 28.1. The highest BCUT2D eigenvalue weighted by atomic mass is 16.5. The van der Waals surface area contributed by atoms with E-state index in [1.807, 2.05) is 36.4 Å². The van der Waals surface area contributed by atoms with E-state index in [-0.39, 0.29) is 29.2 Å². The SMILES string of the molecule is COc1ccccc1N=Nc1c(C)c(C#N)c(O)n(Cc2ccccc2)c1=O. The van der Waals surface area contributed by atoms with Crippen molar-refractivity contribution in [1.29, 1.82) is 5.26 Å². The molecule has 7 heteroatoms. The van der Waals surface area contributed by atoms with Crippen molar-refractivity contribution < 1.29 is 9.84 Å². The van der Waals surface area contributed by atoms with Crippen LogP contribution >= 0.6 is 0 Å².